The minimum absolute atomic E-state index is 0.0661. The number of nitrogens with two attached hydrogens (primary N) is 1. The van der Waals surface area contributed by atoms with Crippen molar-refractivity contribution in [2.45, 2.75) is 6.61 Å². The Morgan fingerprint density at radius 2 is 1.50 bits per heavy atom. The standard InChI is InChI=1S/C22H19N3O3/c23-22(25-20(26)17-10-5-2-6-11-17)24-19-13-7-12-18(14-19)21(27)28-15-16-8-3-1-4-9-16/h1-14H,15H2,(H3,23,24,25,26). The highest BCUT2D eigenvalue weighted by Crippen LogP contribution is 2.15. The van der Waals surface area contributed by atoms with Crippen LogP contribution in [0.15, 0.2) is 89.9 Å². The Bertz CT molecular complexity index is 986. The van der Waals surface area contributed by atoms with Crippen LogP contribution in [0.25, 0.3) is 0 Å². The Labute approximate surface area is 162 Å². The molecule has 140 valence electrons. The van der Waals surface area contributed by atoms with Gasteiger partial charge in [-0.1, -0.05) is 54.6 Å². The number of carbonyl (C=O) groups excluding carboxylic acids is 2. The Morgan fingerprint density at radius 1 is 0.857 bits per heavy atom. The number of guanidine groups is 1. The molecule has 0 aromatic heterocycles. The van der Waals surface area contributed by atoms with E-state index in [0.29, 0.717) is 16.8 Å². The van der Waals surface area contributed by atoms with E-state index in [1.807, 2.05) is 36.4 Å². The molecule has 3 aromatic carbocycles. The van der Waals surface area contributed by atoms with Crippen LogP contribution in [-0.4, -0.2) is 17.8 Å². The van der Waals surface area contributed by atoms with Crippen molar-refractivity contribution in [1.29, 1.82) is 0 Å². The topological polar surface area (TPSA) is 93.8 Å². The summed E-state index contributed by atoms with van der Waals surface area (Å²) < 4.78 is 5.31. The van der Waals surface area contributed by atoms with Gasteiger partial charge in [0.1, 0.15) is 6.61 Å². The van der Waals surface area contributed by atoms with Crippen LogP contribution in [0, 0.1) is 0 Å². The zero-order valence-corrected chi connectivity index (χ0v) is 15.0. The average molecular weight is 373 g/mol. The van der Waals surface area contributed by atoms with Gasteiger partial charge >= 0.3 is 5.97 Å². The third-order valence-corrected chi connectivity index (χ3v) is 3.82. The fourth-order valence-electron chi connectivity index (χ4n) is 2.45. The quantitative estimate of drug-likeness (QED) is 0.407. The van der Waals surface area contributed by atoms with Crippen molar-refractivity contribution in [3.8, 4) is 0 Å². The number of hydrogen-bond donors (Lipinski definition) is 2. The molecular weight excluding hydrogens is 354 g/mol. The summed E-state index contributed by atoms with van der Waals surface area (Å²) in [5.41, 5.74) is 7.96. The SMILES string of the molecule is NC(=Nc1cccc(C(=O)OCc2ccccc2)c1)NC(=O)c1ccccc1. The summed E-state index contributed by atoms with van der Waals surface area (Å²) in [5, 5.41) is 2.51. The molecular formula is C22H19N3O3. The largest absolute Gasteiger partial charge is 0.457 e. The molecule has 6 nitrogen and oxygen atoms in total. The van der Waals surface area contributed by atoms with Gasteiger partial charge in [0.15, 0.2) is 0 Å². The summed E-state index contributed by atoms with van der Waals surface area (Å²) in [5.74, 6) is -0.892. The number of hydrogen-bond acceptors (Lipinski definition) is 4. The molecule has 28 heavy (non-hydrogen) atoms. The number of ether oxygens (including phenoxy) is 1. The highest BCUT2D eigenvalue weighted by atomic mass is 16.5. The second kappa shape index (κ2) is 9.14. The smallest absolute Gasteiger partial charge is 0.338 e. The van der Waals surface area contributed by atoms with E-state index in [2.05, 4.69) is 10.3 Å². The van der Waals surface area contributed by atoms with Crippen molar-refractivity contribution in [3.63, 3.8) is 0 Å². The summed E-state index contributed by atoms with van der Waals surface area (Å²) in [6.45, 7) is 0.183. The first kappa shape index (κ1) is 18.8. The van der Waals surface area contributed by atoms with Gasteiger partial charge in [-0.15, -0.1) is 0 Å². The minimum Gasteiger partial charge on any atom is -0.457 e. The Kier molecular flexibility index (Phi) is 6.15. The molecule has 0 aliphatic heterocycles. The molecule has 0 saturated carbocycles. The van der Waals surface area contributed by atoms with Crippen molar-refractivity contribution in [1.82, 2.24) is 5.32 Å². The van der Waals surface area contributed by atoms with E-state index in [0.717, 1.165) is 5.56 Å². The highest BCUT2D eigenvalue weighted by Gasteiger charge is 2.09. The van der Waals surface area contributed by atoms with Crippen LogP contribution in [0.5, 0.6) is 0 Å². The monoisotopic (exact) mass is 373 g/mol. The average Bonchev–Trinajstić information content (AvgIpc) is 2.73. The fourth-order valence-corrected chi connectivity index (χ4v) is 2.45. The van der Waals surface area contributed by atoms with Gasteiger partial charge in [-0.3, -0.25) is 10.1 Å². The minimum atomic E-state index is -0.465. The van der Waals surface area contributed by atoms with Gasteiger partial charge in [0.2, 0.25) is 5.96 Å². The highest BCUT2D eigenvalue weighted by molar-refractivity contribution is 6.05. The third kappa shape index (κ3) is 5.28. The molecule has 0 saturated heterocycles. The Morgan fingerprint density at radius 3 is 2.21 bits per heavy atom. The number of aliphatic imine (C=N–C) groups is 1. The molecule has 0 radical (unpaired) electrons. The maximum Gasteiger partial charge on any atom is 0.338 e. The maximum atomic E-state index is 12.2. The molecule has 3 aromatic rings. The zero-order valence-electron chi connectivity index (χ0n) is 15.0. The van der Waals surface area contributed by atoms with Crippen LogP contribution in [0.1, 0.15) is 26.3 Å². The van der Waals surface area contributed by atoms with Crippen LogP contribution in [0.2, 0.25) is 0 Å². The van der Waals surface area contributed by atoms with Gasteiger partial charge in [0.25, 0.3) is 5.91 Å². The molecule has 0 unspecified atom stereocenters. The van der Waals surface area contributed by atoms with Crippen LogP contribution in [0.4, 0.5) is 5.69 Å². The lowest BCUT2D eigenvalue weighted by molar-refractivity contribution is 0.0472. The number of nitrogens with zero attached hydrogens (tertiary/aromatic N) is 1. The van der Waals surface area contributed by atoms with Gasteiger partial charge < -0.3 is 10.5 Å². The van der Waals surface area contributed by atoms with Gasteiger partial charge in [-0.25, -0.2) is 9.79 Å². The molecule has 0 heterocycles. The molecule has 0 atom stereocenters. The molecule has 0 aliphatic rings. The lowest BCUT2D eigenvalue weighted by Crippen LogP contribution is -2.36. The first-order valence-corrected chi connectivity index (χ1v) is 8.63. The predicted molar refractivity (Wildman–Crippen MR) is 107 cm³/mol. The van der Waals surface area contributed by atoms with Crippen molar-refractivity contribution < 1.29 is 14.3 Å². The maximum absolute atomic E-state index is 12.2. The number of carbonyl (C=O) groups is 2. The summed E-state index contributed by atoms with van der Waals surface area (Å²) in [7, 11) is 0. The summed E-state index contributed by atoms with van der Waals surface area (Å²) in [6, 6.07) is 24.6. The first-order valence-electron chi connectivity index (χ1n) is 8.63. The van der Waals surface area contributed by atoms with Crippen LogP contribution < -0.4 is 11.1 Å². The van der Waals surface area contributed by atoms with E-state index in [1.54, 1.807) is 48.5 Å². The van der Waals surface area contributed by atoms with E-state index in [4.69, 9.17) is 10.5 Å². The van der Waals surface area contributed by atoms with Gasteiger partial charge in [0.05, 0.1) is 11.3 Å². The van der Waals surface area contributed by atoms with Crippen molar-refractivity contribution >= 4 is 23.5 Å². The van der Waals surface area contributed by atoms with Crippen LogP contribution in [0.3, 0.4) is 0 Å². The second-order valence-corrected chi connectivity index (χ2v) is 5.93. The zero-order chi connectivity index (χ0) is 19.8. The van der Waals surface area contributed by atoms with Gasteiger partial charge in [0, 0.05) is 5.56 Å². The Balaban J connectivity index is 1.64. The first-order chi connectivity index (χ1) is 13.6. The van der Waals surface area contributed by atoms with E-state index in [9.17, 15) is 9.59 Å². The molecule has 3 rings (SSSR count). The second-order valence-electron chi connectivity index (χ2n) is 5.93. The number of rotatable bonds is 5. The number of amides is 1. The van der Waals surface area contributed by atoms with Gasteiger partial charge in [-0.05, 0) is 35.9 Å². The van der Waals surface area contributed by atoms with Crippen molar-refractivity contribution in [2.75, 3.05) is 0 Å². The van der Waals surface area contributed by atoms with Gasteiger partial charge in [-0.2, -0.15) is 0 Å². The molecule has 0 bridgehead atoms. The van der Waals surface area contributed by atoms with Crippen LogP contribution in [-0.2, 0) is 11.3 Å². The number of nitrogens with one attached hydrogen (secondary N) is 1. The molecule has 0 aliphatic carbocycles. The Hall–Kier alpha value is -3.93. The van der Waals surface area contributed by atoms with E-state index in [1.165, 1.54) is 0 Å². The van der Waals surface area contributed by atoms with Crippen molar-refractivity contribution in [2.24, 2.45) is 10.7 Å². The van der Waals surface area contributed by atoms with Crippen molar-refractivity contribution in [3.05, 3.63) is 102 Å². The summed E-state index contributed by atoms with van der Waals surface area (Å²) >= 11 is 0. The molecule has 3 N–H and O–H groups in total. The van der Waals surface area contributed by atoms with E-state index in [-0.39, 0.29) is 18.5 Å². The number of esters is 1. The van der Waals surface area contributed by atoms with E-state index >= 15 is 0 Å². The fraction of sp³-hybridized carbons (Fsp3) is 0.0455. The van der Waals surface area contributed by atoms with Crippen LogP contribution >= 0.6 is 0 Å². The molecule has 0 fully saturated rings. The van der Waals surface area contributed by atoms with E-state index < -0.39 is 5.97 Å². The lowest BCUT2D eigenvalue weighted by atomic mass is 10.2. The molecule has 6 heteroatoms. The lowest BCUT2D eigenvalue weighted by Gasteiger charge is -2.07. The summed E-state index contributed by atoms with van der Waals surface area (Å²) in [4.78, 5) is 28.5. The third-order valence-electron chi connectivity index (χ3n) is 3.82. The number of benzene rings is 3. The predicted octanol–water partition coefficient (Wildman–Crippen LogP) is 3.42. The molecule has 1 amide bonds. The summed E-state index contributed by atoms with van der Waals surface area (Å²) in [6.07, 6.45) is 0. The molecule has 0 spiro atoms. The normalized spacial score (nSPS) is 10.9.